The lowest BCUT2D eigenvalue weighted by Gasteiger charge is -2.35. The second-order valence-corrected chi connectivity index (χ2v) is 4.13. The summed E-state index contributed by atoms with van der Waals surface area (Å²) in [6.07, 6.45) is 0.0204. The van der Waals surface area contributed by atoms with Crippen LogP contribution in [0.5, 0.6) is 0 Å². The van der Waals surface area contributed by atoms with Crippen LogP contribution in [0.1, 0.15) is 0 Å². The molecule has 2 atom stereocenters. The van der Waals surface area contributed by atoms with Gasteiger partial charge in [-0.25, -0.2) is 0 Å². The van der Waals surface area contributed by atoms with Gasteiger partial charge in [0.1, 0.15) is 6.61 Å². The van der Waals surface area contributed by atoms with E-state index in [1.165, 1.54) is 0 Å². The highest BCUT2D eigenvalue weighted by Gasteiger charge is 2.42. The van der Waals surface area contributed by atoms with E-state index in [-0.39, 0.29) is 31.2 Å². The van der Waals surface area contributed by atoms with Gasteiger partial charge in [0.2, 0.25) is 11.8 Å². The second kappa shape index (κ2) is 3.79. The van der Waals surface area contributed by atoms with Gasteiger partial charge in [-0.15, -0.1) is 0 Å². The summed E-state index contributed by atoms with van der Waals surface area (Å²) < 4.78 is 5.41. The van der Waals surface area contributed by atoms with Crippen LogP contribution in [0.3, 0.4) is 0 Å². The van der Waals surface area contributed by atoms with E-state index in [0.717, 1.165) is 13.1 Å². The fraction of sp³-hybridized carbons (Fsp3) is 0.778. The van der Waals surface area contributed by atoms with E-state index in [9.17, 15) is 9.59 Å². The summed E-state index contributed by atoms with van der Waals surface area (Å²) >= 11 is 0. The van der Waals surface area contributed by atoms with E-state index >= 15 is 0 Å². The van der Waals surface area contributed by atoms with Crippen LogP contribution in [-0.2, 0) is 14.3 Å². The molecule has 84 valence electrons. The number of carbonyl (C=O) groups is 2. The molecule has 6 nitrogen and oxygen atoms in total. The highest BCUT2D eigenvalue weighted by molar-refractivity contribution is 5.85. The second-order valence-electron chi connectivity index (χ2n) is 4.13. The van der Waals surface area contributed by atoms with Crippen molar-refractivity contribution in [3.8, 4) is 0 Å². The Labute approximate surface area is 87.9 Å². The summed E-state index contributed by atoms with van der Waals surface area (Å²) in [4.78, 5) is 26.0. The third-order valence-electron chi connectivity index (χ3n) is 2.89. The van der Waals surface area contributed by atoms with Crippen molar-refractivity contribution in [2.75, 3.05) is 33.3 Å². The number of carbonyl (C=O) groups excluding carboxylic acids is 2. The molecule has 2 amide bonds. The lowest BCUT2D eigenvalue weighted by molar-refractivity contribution is -0.155. The number of likely N-dealkylation sites (N-methyl/N-ethyl adjacent to an activating group) is 1. The molecule has 0 aromatic carbocycles. The van der Waals surface area contributed by atoms with Crippen LogP contribution in [0.2, 0.25) is 0 Å². The molecular formula is C9H15N3O3. The highest BCUT2D eigenvalue weighted by Crippen LogP contribution is 2.21. The Morgan fingerprint density at radius 1 is 1.60 bits per heavy atom. The number of nitrogens with two attached hydrogens (primary N) is 1. The zero-order valence-corrected chi connectivity index (χ0v) is 8.68. The normalized spacial score (nSPS) is 31.8. The minimum absolute atomic E-state index is 0.00278. The number of hydrogen-bond donors (Lipinski definition) is 1. The van der Waals surface area contributed by atoms with Crippen molar-refractivity contribution in [2.45, 2.75) is 12.1 Å². The monoisotopic (exact) mass is 213 g/mol. The standard InChI is InChI=1S/C9H15N3O3/c1-11-2-6-7(3-11)15-5-9(14)12(6)4-8(10)13/h6-7H,2-5H2,1H3,(H2,10,13)/t6-,7+/m1/s1. The van der Waals surface area contributed by atoms with Crippen molar-refractivity contribution in [2.24, 2.45) is 5.73 Å². The molecule has 0 saturated carbocycles. The number of hydrogen-bond acceptors (Lipinski definition) is 4. The van der Waals surface area contributed by atoms with E-state index in [1.54, 1.807) is 4.90 Å². The number of fused-ring (bicyclic) bond motifs is 1. The van der Waals surface area contributed by atoms with Crippen LogP contribution >= 0.6 is 0 Å². The van der Waals surface area contributed by atoms with E-state index in [1.807, 2.05) is 7.05 Å². The average Bonchev–Trinajstić information content (AvgIpc) is 2.51. The molecular weight excluding hydrogens is 198 g/mol. The Hall–Kier alpha value is -1.14. The van der Waals surface area contributed by atoms with Gasteiger partial charge in [0.25, 0.3) is 0 Å². The van der Waals surface area contributed by atoms with Crippen LogP contribution in [0, 0.1) is 0 Å². The smallest absolute Gasteiger partial charge is 0.249 e. The van der Waals surface area contributed by atoms with E-state index in [2.05, 4.69) is 4.90 Å². The number of likely N-dealkylation sites (tertiary alicyclic amines) is 1. The Morgan fingerprint density at radius 2 is 2.33 bits per heavy atom. The van der Waals surface area contributed by atoms with Crippen molar-refractivity contribution in [1.29, 1.82) is 0 Å². The van der Waals surface area contributed by atoms with Gasteiger partial charge >= 0.3 is 0 Å². The largest absolute Gasteiger partial charge is 0.368 e. The third kappa shape index (κ3) is 1.95. The van der Waals surface area contributed by atoms with Gasteiger partial charge in [0, 0.05) is 13.1 Å². The molecule has 15 heavy (non-hydrogen) atoms. The maximum Gasteiger partial charge on any atom is 0.249 e. The molecule has 2 rings (SSSR count). The molecule has 2 saturated heterocycles. The minimum atomic E-state index is -0.474. The maximum absolute atomic E-state index is 11.6. The van der Waals surface area contributed by atoms with Crippen LogP contribution in [0.15, 0.2) is 0 Å². The number of nitrogens with zero attached hydrogens (tertiary/aromatic N) is 2. The maximum atomic E-state index is 11.6. The van der Waals surface area contributed by atoms with Gasteiger partial charge < -0.3 is 20.3 Å². The topological polar surface area (TPSA) is 75.9 Å². The SMILES string of the molecule is CN1C[C@@H]2OCC(=O)N(CC(N)=O)[C@@H]2C1. The lowest BCUT2D eigenvalue weighted by atomic mass is 10.1. The van der Waals surface area contributed by atoms with Gasteiger partial charge in [-0.05, 0) is 7.05 Å². The number of rotatable bonds is 2. The number of amides is 2. The quantitative estimate of drug-likeness (QED) is 0.576. The molecule has 2 heterocycles. The predicted molar refractivity (Wildman–Crippen MR) is 51.9 cm³/mol. The van der Waals surface area contributed by atoms with Crippen LogP contribution < -0.4 is 5.73 Å². The lowest BCUT2D eigenvalue weighted by Crippen LogP contribution is -2.56. The summed E-state index contributed by atoms with van der Waals surface area (Å²) in [7, 11) is 1.97. The number of primary amides is 1. The summed E-state index contributed by atoms with van der Waals surface area (Å²) in [5, 5.41) is 0. The fourth-order valence-corrected chi connectivity index (χ4v) is 2.22. The van der Waals surface area contributed by atoms with Crippen molar-refractivity contribution in [3.63, 3.8) is 0 Å². The van der Waals surface area contributed by atoms with E-state index < -0.39 is 5.91 Å². The fourth-order valence-electron chi connectivity index (χ4n) is 2.22. The zero-order valence-electron chi connectivity index (χ0n) is 8.68. The molecule has 0 radical (unpaired) electrons. The molecule has 6 heteroatoms. The van der Waals surface area contributed by atoms with E-state index in [0.29, 0.717) is 0 Å². The first kappa shape index (κ1) is 10.4. The van der Waals surface area contributed by atoms with Crippen LogP contribution in [-0.4, -0.2) is 67.0 Å². The first-order chi connectivity index (χ1) is 7.08. The third-order valence-corrected chi connectivity index (χ3v) is 2.89. The molecule has 0 aromatic rings. The summed E-state index contributed by atoms with van der Waals surface area (Å²) in [6.45, 7) is 1.59. The Bertz CT molecular complexity index is 294. The summed E-state index contributed by atoms with van der Waals surface area (Å²) in [5.41, 5.74) is 5.12. The predicted octanol–water partition coefficient (Wildman–Crippen LogP) is -1.99. The van der Waals surface area contributed by atoms with Gasteiger partial charge in [-0.3, -0.25) is 9.59 Å². The summed E-state index contributed by atoms with van der Waals surface area (Å²) in [6, 6.07) is -0.0243. The molecule has 0 spiro atoms. The van der Waals surface area contributed by atoms with E-state index in [4.69, 9.17) is 10.5 Å². The minimum Gasteiger partial charge on any atom is -0.368 e. The Balaban J connectivity index is 2.11. The average molecular weight is 213 g/mol. The zero-order chi connectivity index (χ0) is 11.0. The highest BCUT2D eigenvalue weighted by atomic mass is 16.5. The van der Waals surface area contributed by atoms with Gasteiger partial charge in [-0.2, -0.15) is 0 Å². The molecule has 2 fully saturated rings. The van der Waals surface area contributed by atoms with Crippen molar-refractivity contribution >= 4 is 11.8 Å². The van der Waals surface area contributed by atoms with Crippen LogP contribution in [0.25, 0.3) is 0 Å². The summed E-state index contributed by atoms with van der Waals surface area (Å²) in [5.74, 6) is -0.621. The number of morpholine rings is 1. The van der Waals surface area contributed by atoms with Crippen molar-refractivity contribution in [1.82, 2.24) is 9.80 Å². The molecule has 0 unspecified atom stereocenters. The first-order valence-corrected chi connectivity index (χ1v) is 4.96. The first-order valence-electron chi connectivity index (χ1n) is 4.96. The Morgan fingerprint density at radius 3 is 3.00 bits per heavy atom. The van der Waals surface area contributed by atoms with Gasteiger partial charge in [0.15, 0.2) is 0 Å². The molecule has 2 aliphatic rings. The van der Waals surface area contributed by atoms with Gasteiger partial charge in [-0.1, -0.05) is 0 Å². The molecule has 0 bridgehead atoms. The van der Waals surface area contributed by atoms with Crippen LogP contribution in [0.4, 0.5) is 0 Å². The molecule has 0 aliphatic carbocycles. The van der Waals surface area contributed by atoms with Crippen molar-refractivity contribution < 1.29 is 14.3 Å². The molecule has 2 N–H and O–H groups in total. The van der Waals surface area contributed by atoms with Crippen molar-refractivity contribution in [3.05, 3.63) is 0 Å². The number of ether oxygens (including phenoxy) is 1. The van der Waals surface area contributed by atoms with Gasteiger partial charge in [0.05, 0.1) is 18.7 Å². The Kier molecular flexibility index (Phi) is 2.62. The molecule has 0 aromatic heterocycles. The molecule has 2 aliphatic heterocycles.